The second-order valence-electron chi connectivity index (χ2n) is 3.12. The van der Waals surface area contributed by atoms with Crippen molar-refractivity contribution in [2.75, 3.05) is 6.61 Å². The van der Waals surface area contributed by atoms with Crippen molar-refractivity contribution in [3.63, 3.8) is 0 Å². The summed E-state index contributed by atoms with van der Waals surface area (Å²) in [6.07, 6.45) is -3.93. The minimum Gasteiger partial charge on any atom is -0.267 e. The Bertz CT molecular complexity index is 509. The van der Waals surface area contributed by atoms with Gasteiger partial charge in [-0.1, -0.05) is 11.6 Å². The molecule has 7 nitrogen and oxygen atoms in total. The largest absolute Gasteiger partial charge is 0.414 e. The van der Waals surface area contributed by atoms with E-state index in [0.717, 1.165) is 6.07 Å². The highest BCUT2D eigenvalue weighted by Crippen LogP contribution is 2.20. The number of nitrogens with zero attached hydrogens (tertiary/aromatic N) is 2. The Morgan fingerprint density at radius 2 is 2.21 bits per heavy atom. The summed E-state index contributed by atoms with van der Waals surface area (Å²) in [7, 11) is 0. The third-order valence-electron chi connectivity index (χ3n) is 1.69. The van der Waals surface area contributed by atoms with Crippen molar-refractivity contribution in [2.45, 2.75) is 6.18 Å². The molecule has 0 unspecified atom stereocenters. The molecule has 1 heterocycles. The molecule has 0 bridgehead atoms. The van der Waals surface area contributed by atoms with Crippen LogP contribution in [0.1, 0.15) is 10.4 Å². The van der Waals surface area contributed by atoms with Gasteiger partial charge in [0.2, 0.25) is 0 Å². The summed E-state index contributed by atoms with van der Waals surface area (Å²) in [6, 6.07) is 0.839. The Morgan fingerprint density at radius 1 is 1.58 bits per heavy atom. The van der Waals surface area contributed by atoms with E-state index >= 15 is 0 Å². The number of pyridine rings is 1. The van der Waals surface area contributed by atoms with E-state index < -0.39 is 34.9 Å². The average Bonchev–Trinajstić information content (AvgIpc) is 2.26. The average molecular weight is 300 g/mol. The van der Waals surface area contributed by atoms with Crippen LogP contribution in [-0.2, 0) is 4.84 Å². The van der Waals surface area contributed by atoms with E-state index in [0.29, 0.717) is 6.20 Å². The quantitative estimate of drug-likeness (QED) is 0.520. The molecule has 0 atom stereocenters. The standard InChI is InChI=1S/C8H5ClF3N3O4/c9-6-1-4(5(2-13-6)15(17)18)7(16)14-19-3-8(10,11)12/h1-2H,3H2,(H,14,16). The minimum atomic E-state index is -4.64. The first-order valence-corrected chi connectivity index (χ1v) is 4.87. The van der Waals surface area contributed by atoms with Crippen LogP contribution in [0.4, 0.5) is 18.9 Å². The van der Waals surface area contributed by atoms with Gasteiger partial charge in [-0.3, -0.25) is 19.7 Å². The van der Waals surface area contributed by atoms with Crippen molar-refractivity contribution in [2.24, 2.45) is 0 Å². The first kappa shape index (κ1) is 15.1. The first-order chi connectivity index (χ1) is 8.70. The molecule has 1 rings (SSSR count). The van der Waals surface area contributed by atoms with E-state index in [1.54, 1.807) is 0 Å². The molecule has 0 radical (unpaired) electrons. The van der Waals surface area contributed by atoms with Gasteiger partial charge in [-0.05, 0) is 6.07 Å². The van der Waals surface area contributed by atoms with Crippen molar-refractivity contribution >= 4 is 23.2 Å². The summed E-state index contributed by atoms with van der Waals surface area (Å²) < 4.78 is 35.3. The molecule has 0 aromatic carbocycles. The lowest BCUT2D eigenvalue weighted by atomic mass is 10.2. The van der Waals surface area contributed by atoms with Gasteiger partial charge in [0.1, 0.15) is 16.9 Å². The molecule has 1 aromatic rings. The molecule has 1 aromatic heterocycles. The Labute approximate surface area is 108 Å². The predicted octanol–water partition coefficient (Wildman–Crippen LogP) is 1.87. The third-order valence-corrected chi connectivity index (χ3v) is 1.90. The fourth-order valence-electron chi connectivity index (χ4n) is 0.988. The Kier molecular flexibility index (Phi) is 4.62. The van der Waals surface area contributed by atoms with Crippen molar-refractivity contribution in [1.82, 2.24) is 10.5 Å². The van der Waals surface area contributed by atoms with Crippen molar-refractivity contribution < 1.29 is 27.7 Å². The minimum absolute atomic E-state index is 0.230. The number of hydroxylamine groups is 1. The number of carbonyl (C=O) groups is 1. The fraction of sp³-hybridized carbons (Fsp3) is 0.250. The first-order valence-electron chi connectivity index (χ1n) is 4.49. The lowest BCUT2D eigenvalue weighted by Gasteiger charge is -2.08. The molecule has 0 saturated heterocycles. The van der Waals surface area contributed by atoms with Gasteiger partial charge in [-0.25, -0.2) is 10.5 Å². The number of hydrogen-bond acceptors (Lipinski definition) is 5. The van der Waals surface area contributed by atoms with Gasteiger partial charge in [0, 0.05) is 0 Å². The normalized spacial score (nSPS) is 11.2. The Morgan fingerprint density at radius 3 is 2.74 bits per heavy atom. The molecule has 0 spiro atoms. The van der Waals surface area contributed by atoms with Crippen LogP contribution in [0.25, 0.3) is 0 Å². The van der Waals surface area contributed by atoms with E-state index in [1.807, 2.05) is 0 Å². The van der Waals surface area contributed by atoms with Crippen LogP contribution in [0.15, 0.2) is 12.3 Å². The molecule has 11 heteroatoms. The molecule has 1 amide bonds. The number of halogens is 4. The van der Waals surface area contributed by atoms with E-state index in [1.165, 1.54) is 5.48 Å². The number of nitrogens with one attached hydrogen (secondary N) is 1. The highest BCUT2D eigenvalue weighted by Gasteiger charge is 2.29. The lowest BCUT2D eigenvalue weighted by Crippen LogP contribution is -2.30. The molecule has 0 aliphatic rings. The lowest BCUT2D eigenvalue weighted by molar-refractivity contribution is -0.385. The van der Waals surface area contributed by atoms with E-state index in [9.17, 15) is 28.1 Å². The molecular formula is C8H5ClF3N3O4. The predicted molar refractivity (Wildman–Crippen MR) is 55.4 cm³/mol. The molecule has 104 valence electrons. The molecular weight excluding hydrogens is 295 g/mol. The fourth-order valence-corrected chi connectivity index (χ4v) is 1.15. The highest BCUT2D eigenvalue weighted by molar-refractivity contribution is 6.29. The molecule has 0 aliphatic heterocycles. The van der Waals surface area contributed by atoms with Gasteiger partial charge in [0.05, 0.1) is 4.92 Å². The zero-order valence-corrected chi connectivity index (χ0v) is 9.66. The van der Waals surface area contributed by atoms with E-state index in [2.05, 4.69) is 9.82 Å². The maximum Gasteiger partial charge on any atom is 0.414 e. The topological polar surface area (TPSA) is 94.4 Å². The summed E-state index contributed by atoms with van der Waals surface area (Å²) in [6.45, 7) is -1.73. The van der Waals surface area contributed by atoms with Crippen LogP contribution >= 0.6 is 11.6 Å². The van der Waals surface area contributed by atoms with Gasteiger partial charge in [0.25, 0.3) is 11.6 Å². The zero-order valence-electron chi connectivity index (χ0n) is 8.90. The zero-order chi connectivity index (χ0) is 14.6. The number of alkyl halides is 3. The van der Waals surface area contributed by atoms with E-state index in [-0.39, 0.29) is 5.15 Å². The van der Waals surface area contributed by atoms with Crippen molar-refractivity contribution in [3.8, 4) is 0 Å². The summed E-state index contributed by atoms with van der Waals surface area (Å²) in [5.74, 6) is -1.24. The van der Waals surface area contributed by atoms with Crippen LogP contribution in [0.2, 0.25) is 5.15 Å². The number of hydrogen-bond donors (Lipinski definition) is 1. The summed E-state index contributed by atoms with van der Waals surface area (Å²) in [5, 5.41) is 10.4. The summed E-state index contributed by atoms with van der Waals surface area (Å²) in [4.78, 5) is 28.3. The second-order valence-corrected chi connectivity index (χ2v) is 3.50. The maximum absolute atomic E-state index is 11.8. The van der Waals surface area contributed by atoms with Crippen LogP contribution in [0, 0.1) is 10.1 Å². The van der Waals surface area contributed by atoms with Crippen molar-refractivity contribution in [1.29, 1.82) is 0 Å². The van der Waals surface area contributed by atoms with Crippen LogP contribution in [-0.4, -0.2) is 28.6 Å². The number of amides is 1. The number of aromatic nitrogens is 1. The van der Waals surface area contributed by atoms with Gasteiger partial charge >= 0.3 is 6.18 Å². The molecule has 0 aliphatic carbocycles. The van der Waals surface area contributed by atoms with Crippen LogP contribution in [0.5, 0.6) is 0 Å². The number of carbonyl (C=O) groups excluding carboxylic acids is 1. The molecule has 19 heavy (non-hydrogen) atoms. The van der Waals surface area contributed by atoms with Gasteiger partial charge < -0.3 is 0 Å². The number of rotatable bonds is 4. The monoisotopic (exact) mass is 299 g/mol. The van der Waals surface area contributed by atoms with Crippen LogP contribution < -0.4 is 5.48 Å². The maximum atomic E-state index is 11.8. The smallest absolute Gasteiger partial charge is 0.267 e. The third kappa shape index (κ3) is 4.67. The molecule has 0 fully saturated rings. The van der Waals surface area contributed by atoms with E-state index in [4.69, 9.17) is 11.6 Å². The van der Waals surface area contributed by atoms with Gasteiger partial charge in [0.15, 0.2) is 6.61 Å². The second kappa shape index (κ2) is 5.80. The van der Waals surface area contributed by atoms with Crippen molar-refractivity contribution in [3.05, 3.63) is 33.1 Å². The Balaban J connectivity index is 2.81. The summed E-state index contributed by atoms with van der Waals surface area (Å²) in [5.41, 5.74) is 0.155. The highest BCUT2D eigenvalue weighted by atomic mass is 35.5. The molecule has 1 N–H and O–H groups in total. The molecule has 0 saturated carbocycles. The van der Waals surface area contributed by atoms with Gasteiger partial charge in [-0.15, -0.1) is 0 Å². The Hall–Kier alpha value is -1.94. The number of nitro groups is 1. The van der Waals surface area contributed by atoms with Crippen LogP contribution in [0.3, 0.4) is 0 Å². The summed E-state index contributed by atoms with van der Waals surface area (Å²) >= 11 is 5.44. The SMILES string of the molecule is O=C(NOCC(F)(F)F)c1cc(Cl)ncc1[N+](=O)[O-]. The van der Waals surface area contributed by atoms with Gasteiger partial charge in [-0.2, -0.15) is 13.2 Å².